The number of carbonyl (C=O) groups excluding carboxylic acids is 3. The average Bonchev–Trinajstić information content (AvgIpc) is 2.48. The van der Waals surface area contributed by atoms with Crippen molar-refractivity contribution >= 4 is 17.7 Å². The SMILES string of the molecule is CC(OCc1ccccc1)C(=O)NC1CCC(=O)NC1=O. The zero-order valence-electron chi connectivity index (χ0n) is 11.8. The van der Waals surface area contributed by atoms with Crippen molar-refractivity contribution in [2.24, 2.45) is 0 Å². The minimum atomic E-state index is -0.671. The van der Waals surface area contributed by atoms with Crippen LogP contribution < -0.4 is 10.6 Å². The van der Waals surface area contributed by atoms with Crippen molar-refractivity contribution in [1.29, 1.82) is 0 Å². The Morgan fingerprint density at radius 3 is 2.76 bits per heavy atom. The van der Waals surface area contributed by atoms with Crippen LogP contribution in [0.3, 0.4) is 0 Å². The molecule has 6 heteroatoms. The molecule has 1 aromatic rings. The van der Waals surface area contributed by atoms with Crippen molar-refractivity contribution in [3.8, 4) is 0 Å². The van der Waals surface area contributed by atoms with E-state index in [-0.39, 0.29) is 18.2 Å². The van der Waals surface area contributed by atoms with E-state index in [2.05, 4.69) is 10.6 Å². The van der Waals surface area contributed by atoms with E-state index < -0.39 is 18.1 Å². The Morgan fingerprint density at radius 1 is 1.38 bits per heavy atom. The number of hydrogen-bond acceptors (Lipinski definition) is 4. The van der Waals surface area contributed by atoms with E-state index in [9.17, 15) is 14.4 Å². The molecule has 2 unspecified atom stereocenters. The standard InChI is InChI=1S/C15H18N2O4/c1-10(21-9-11-5-3-2-4-6-11)14(19)16-12-7-8-13(18)17-15(12)20/h2-6,10,12H,7-9H2,1H3,(H,16,19)(H,17,18,20). The Labute approximate surface area is 122 Å². The number of benzene rings is 1. The normalized spacial score (nSPS) is 19.8. The maximum Gasteiger partial charge on any atom is 0.249 e. The molecule has 0 saturated carbocycles. The van der Waals surface area contributed by atoms with Crippen LogP contribution in [0.1, 0.15) is 25.3 Å². The first-order chi connectivity index (χ1) is 10.1. The quantitative estimate of drug-likeness (QED) is 0.774. The van der Waals surface area contributed by atoms with Crippen molar-refractivity contribution in [3.63, 3.8) is 0 Å². The summed E-state index contributed by atoms with van der Waals surface area (Å²) in [4.78, 5) is 34.5. The number of piperidine rings is 1. The Kier molecular flexibility index (Phi) is 5.05. The lowest BCUT2D eigenvalue weighted by Crippen LogP contribution is -2.54. The van der Waals surface area contributed by atoms with E-state index in [1.165, 1.54) is 0 Å². The summed E-state index contributed by atoms with van der Waals surface area (Å²) in [5, 5.41) is 4.80. The number of amides is 3. The molecule has 2 atom stereocenters. The van der Waals surface area contributed by atoms with Gasteiger partial charge in [0.1, 0.15) is 12.1 Å². The second-order valence-corrected chi connectivity index (χ2v) is 4.95. The second-order valence-electron chi connectivity index (χ2n) is 4.95. The lowest BCUT2D eigenvalue weighted by molar-refractivity contribution is -0.140. The largest absolute Gasteiger partial charge is 0.364 e. The first-order valence-corrected chi connectivity index (χ1v) is 6.86. The van der Waals surface area contributed by atoms with Crippen LogP contribution in [0.15, 0.2) is 30.3 Å². The van der Waals surface area contributed by atoms with Gasteiger partial charge in [-0.25, -0.2) is 0 Å². The summed E-state index contributed by atoms with van der Waals surface area (Å²) in [7, 11) is 0. The van der Waals surface area contributed by atoms with Crippen LogP contribution >= 0.6 is 0 Å². The molecule has 0 spiro atoms. The Hall–Kier alpha value is -2.21. The third-order valence-corrected chi connectivity index (χ3v) is 3.27. The molecule has 0 aliphatic carbocycles. The average molecular weight is 290 g/mol. The van der Waals surface area contributed by atoms with E-state index in [1.807, 2.05) is 30.3 Å². The van der Waals surface area contributed by atoms with Gasteiger partial charge in [0.25, 0.3) is 0 Å². The molecular formula is C15H18N2O4. The van der Waals surface area contributed by atoms with Gasteiger partial charge in [0, 0.05) is 6.42 Å². The number of nitrogens with one attached hydrogen (secondary N) is 2. The summed E-state index contributed by atoms with van der Waals surface area (Å²) in [5.41, 5.74) is 0.971. The van der Waals surface area contributed by atoms with Crippen LogP contribution in [-0.4, -0.2) is 29.9 Å². The first kappa shape index (κ1) is 15.2. The molecule has 0 bridgehead atoms. The topological polar surface area (TPSA) is 84.5 Å². The van der Waals surface area contributed by atoms with E-state index >= 15 is 0 Å². The summed E-state index contributed by atoms with van der Waals surface area (Å²) < 4.78 is 5.48. The molecule has 1 aliphatic rings. The molecule has 1 heterocycles. The highest BCUT2D eigenvalue weighted by atomic mass is 16.5. The number of ether oxygens (including phenoxy) is 1. The van der Waals surface area contributed by atoms with Gasteiger partial charge >= 0.3 is 0 Å². The summed E-state index contributed by atoms with van der Waals surface area (Å²) in [6.45, 7) is 1.95. The summed E-state index contributed by atoms with van der Waals surface area (Å²) in [6.07, 6.45) is -0.117. The molecule has 1 aliphatic heterocycles. The van der Waals surface area contributed by atoms with Gasteiger partial charge < -0.3 is 10.1 Å². The van der Waals surface area contributed by atoms with Crippen LogP contribution in [0.5, 0.6) is 0 Å². The molecule has 0 radical (unpaired) electrons. The first-order valence-electron chi connectivity index (χ1n) is 6.86. The van der Waals surface area contributed by atoms with Crippen molar-refractivity contribution in [2.45, 2.75) is 38.5 Å². The monoisotopic (exact) mass is 290 g/mol. The Balaban J connectivity index is 1.80. The molecule has 1 fully saturated rings. The minimum Gasteiger partial charge on any atom is -0.364 e. The fourth-order valence-electron chi connectivity index (χ4n) is 1.99. The number of hydrogen-bond donors (Lipinski definition) is 2. The lowest BCUT2D eigenvalue weighted by Gasteiger charge is -2.23. The molecule has 3 amide bonds. The zero-order valence-corrected chi connectivity index (χ0v) is 11.8. The van der Waals surface area contributed by atoms with E-state index in [1.54, 1.807) is 6.92 Å². The molecule has 112 valence electrons. The molecule has 1 aromatic carbocycles. The molecule has 21 heavy (non-hydrogen) atoms. The van der Waals surface area contributed by atoms with E-state index in [0.29, 0.717) is 13.0 Å². The zero-order chi connectivity index (χ0) is 15.2. The van der Waals surface area contributed by atoms with Crippen LogP contribution in [0, 0.1) is 0 Å². The summed E-state index contributed by atoms with van der Waals surface area (Å²) >= 11 is 0. The maximum absolute atomic E-state index is 12.0. The third kappa shape index (κ3) is 4.39. The highest BCUT2D eigenvalue weighted by molar-refractivity contribution is 6.01. The predicted molar refractivity (Wildman–Crippen MR) is 75.0 cm³/mol. The fourth-order valence-corrected chi connectivity index (χ4v) is 1.99. The van der Waals surface area contributed by atoms with Crippen LogP contribution in [0.2, 0.25) is 0 Å². The molecule has 6 nitrogen and oxygen atoms in total. The van der Waals surface area contributed by atoms with Gasteiger partial charge in [-0.1, -0.05) is 30.3 Å². The summed E-state index contributed by atoms with van der Waals surface area (Å²) in [5.74, 6) is -1.13. The molecular weight excluding hydrogens is 272 g/mol. The van der Waals surface area contributed by atoms with Crippen LogP contribution in [-0.2, 0) is 25.7 Å². The lowest BCUT2D eigenvalue weighted by atomic mass is 10.1. The number of rotatable bonds is 5. The molecule has 0 aromatic heterocycles. The smallest absolute Gasteiger partial charge is 0.249 e. The van der Waals surface area contributed by atoms with Gasteiger partial charge in [-0.15, -0.1) is 0 Å². The van der Waals surface area contributed by atoms with E-state index in [4.69, 9.17) is 4.74 Å². The predicted octanol–water partition coefficient (Wildman–Crippen LogP) is 0.513. The molecule has 2 N–H and O–H groups in total. The van der Waals surface area contributed by atoms with Gasteiger partial charge in [0.2, 0.25) is 17.7 Å². The second kappa shape index (κ2) is 6.99. The van der Waals surface area contributed by atoms with Crippen LogP contribution in [0.25, 0.3) is 0 Å². The Bertz CT molecular complexity index is 530. The van der Waals surface area contributed by atoms with Crippen molar-refractivity contribution in [3.05, 3.63) is 35.9 Å². The van der Waals surface area contributed by atoms with Crippen LogP contribution in [0.4, 0.5) is 0 Å². The summed E-state index contributed by atoms with van der Waals surface area (Å²) in [6, 6.07) is 8.84. The van der Waals surface area contributed by atoms with Crippen molar-refractivity contribution in [1.82, 2.24) is 10.6 Å². The minimum absolute atomic E-state index is 0.232. The fraction of sp³-hybridized carbons (Fsp3) is 0.400. The van der Waals surface area contributed by atoms with E-state index in [0.717, 1.165) is 5.56 Å². The maximum atomic E-state index is 12.0. The van der Waals surface area contributed by atoms with Crippen molar-refractivity contribution in [2.75, 3.05) is 0 Å². The van der Waals surface area contributed by atoms with Gasteiger partial charge in [-0.05, 0) is 18.9 Å². The number of imide groups is 1. The van der Waals surface area contributed by atoms with Gasteiger partial charge in [-0.3, -0.25) is 19.7 Å². The van der Waals surface area contributed by atoms with Gasteiger partial charge in [-0.2, -0.15) is 0 Å². The highest BCUT2D eigenvalue weighted by Gasteiger charge is 2.29. The van der Waals surface area contributed by atoms with Crippen molar-refractivity contribution < 1.29 is 19.1 Å². The van der Waals surface area contributed by atoms with Gasteiger partial charge in [0.05, 0.1) is 6.61 Å². The van der Waals surface area contributed by atoms with Gasteiger partial charge in [0.15, 0.2) is 0 Å². The highest BCUT2D eigenvalue weighted by Crippen LogP contribution is 2.07. The number of carbonyl (C=O) groups is 3. The molecule has 1 saturated heterocycles. The molecule has 2 rings (SSSR count). The Morgan fingerprint density at radius 2 is 2.10 bits per heavy atom. The third-order valence-electron chi connectivity index (χ3n) is 3.27.